The van der Waals surface area contributed by atoms with Gasteiger partial charge in [0.15, 0.2) is 0 Å². The summed E-state index contributed by atoms with van der Waals surface area (Å²) in [5.74, 6) is -1.25. The van der Waals surface area contributed by atoms with E-state index in [1.54, 1.807) is 0 Å². The second kappa shape index (κ2) is 6.69. The molecule has 1 aromatic carbocycles. The molecular formula is C13H16ClN3O3. The minimum absolute atomic E-state index is 0.0897. The molecule has 0 bridgehead atoms. The summed E-state index contributed by atoms with van der Waals surface area (Å²) in [7, 11) is 0. The van der Waals surface area contributed by atoms with Crippen molar-refractivity contribution in [3.05, 3.63) is 28.8 Å². The predicted octanol–water partition coefficient (Wildman–Crippen LogP) is 0.882. The number of benzene rings is 1. The van der Waals surface area contributed by atoms with Gasteiger partial charge in [0.05, 0.1) is 22.8 Å². The van der Waals surface area contributed by atoms with Crippen molar-refractivity contribution >= 4 is 29.2 Å². The predicted molar refractivity (Wildman–Crippen MR) is 76.4 cm³/mol. The molecule has 0 aliphatic carbocycles. The maximum atomic E-state index is 11.9. The summed E-state index contributed by atoms with van der Waals surface area (Å²) >= 11 is 5.96. The average molecular weight is 298 g/mol. The monoisotopic (exact) mass is 297 g/mol. The summed E-state index contributed by atoms with van der Waals surface area (Å²) in [6.07, 6.45) is 0. The molecule has 0 unspecified atom stereocenters. The van der Waals surface area contributed by atoms with Crippen LogP contribution in [0, 0.1) is 0 Å². The number of carbonyl (C=O) groups is 2. The van der Waals surface area contributed by atoms with Crippen molar-refractivity contribution in [2.75, 3.05) is 38.0 Å². The van der Waals surface area contributed by atoms with Crippen LogP contribution >= 0.6 is 11.6 Å². The number of amides is 1. The van der Waals surface area contributed by atoms with Gasteiger partial charge in [-0.05, 0) is 18.2 Å². The third-order valence-electron chi connectivity index (χ3n) is 3.06. The Balaban J connectivity index is 1.99. The van der Waals surface area contributed by atoms with Gasteiger partial charge in [-0.25, -0.2) is 4.79 Å². The van der Waals surface area contributed by atoms with Crippen LogP contribution in [0.3, 0.4) is 0 Å². The fourth-order valence-corrected chi connectivity index (χ4v) is 2.18. The zero-order valence-electron chi connectivity index (χ0n) is 10.9. The lowest BCUT2D eigenvalue weighted by Crippen LogP contribution is -2.46. The van der Waals surface area contributed by atoms with Crippen LogP contribution in [0.25, 0.3) is 0 Å². The first-order valence-corrected chi connectivity index (χ1v) is 6.70. The van der Waals surface area contributed by atoms with Crippen molar-refractivity contribution in [3.63, 3.8) is 0 Å². The Morgan fingerprint density at radius 2 is 2.05 bits per heavy atom. The molecule has 3 N–H and O–H groups in total. The topological polar surface area (TPSA) is 81.7 Å². The van der Waals surface area contributed by atoms with E-state index in [0.29, 0.717) is 10.7 Å². The zero-order chi connectivity index (χ0) is 14.5. The molecule has 1 fully saturated rings. The molecule has 2 rings (SSSR count). The number of nitrogens with one attached hydrogen (secondary N) is 2. The van der Waals surface area contributed by atoms with Crippen LogP contribution in [-0.4, -0.2) is 54.6 Å². The van der Waals surface area contributed by atoms with Crippen molar-refractivity contribution in [1.29, 1.82) is 0 Å². The van der Waals surface area contributed by atoms with Gasteiger partial charge in [-0.3, -0.25) is 9.69 Å². The molecule has 108 valence electrons. The van der Waals surface area contributed by atoms with Gasteiger partial charge in [0.1, 0.15) is 0 Å². The highest BCUT2D eigenvalue weighted by Gasteiger charge is 2.15. The van der Waals surface area contributed by atoms with Crippen molar-refractivity contribution in [3.8, 4) is 0 Å². The molecule has 0 spiro atoms. The average Bonchev–Trinajstić information content (AvgIpc) is 2.42. The smallest absolute Gasteiger partial charge is 0.335 e. The second-order valence-corrected chi connectivity index (χ2v) is 4.98. The van der Waals surface area contributed by atoms with E-state index in [1.165, 1.54) is 18.2 Å². The largest absolute Gasteiger partial charge is 0.478 e. The van der Waals surface area contributed by atoms with Gasteiger partial charge in [-0.15, -0.1) is 0 Å². The van der Waals surface area contributed by atoms with Crippen molar-refractivity contribution in [2.45, 2.75) is 0 Å². The maximum absolute atomic E-state index is 11.9. The summed E-state index contributed by atoms with van der Waals surface area (Å²) in [6.45, 7) is 3.63. The maximum Gasteiger partial charge on any atom is 0.335 e. The molecule has 1 amide bonds. The Morgan fingerprint density at radius 3 is 2.70 bits per heavy atom. The Hall–Kier alpha value is -1.63. The van der Waals surface area contributed by atoms with Crippen molar-refractivity contribution in [2.24, 2.45) is 0 Å². The third kappa shape index (κ3) is 3.93. The molecule has 0 saturated carbocycles. The lowest BCUT2D eigenvalue weighted by molar-refractivity contribution is -0.117. The van der Waals surface area contributed by atoms with Gasteiger partial charge >= 0.3 is 5.97 Å². The number of hydrogen-bond acceptors (Lipinski definition) is 4. The molecule has 6 nitrogen and oxygen atoms in total. The van der Waals surface area contributed by atoms with Crippen LogP contribution in [0.15, 0.2) is 18.2 Å². The zero-order valence-corrected chi connectivity index (χ0v) is 11.6. The molecule has 1 heterocycles. The second-order valence-electron chi connectivity index (χ2n) is 4.57. The first-order valence-electron chi connectivity index (χ1n) is 6.32. The highest BCUT2D eigenvalue weighted by Crippen LogP contribution is 2.23. The van der Waals surface area contributed by atoms with E-state index in [4.69, 9.17) is 16.7 Å². The van der Waals surface area contributed by atoms with Crippen LogP contribution in [0.4, 0.5) is 5.69 Å². The number of halogens is 1. The number of carboxylic acids is 1. The summed E-state index contributed by atoms with van der Waals surface area (Å²) in [5, 5.41) is 15.1. The van der Waals surface area contributed by atoms with E-state index < -0.39 is 5.97 Å². The van der Waals surface area contributed by atoms with Gasteiger partial charge in [0.25, 0.3) is 0 Å². The van der Waals surface area contributed by atoms with E-state index in [9.17, 15) is 9.59 Å². The SMILES string of the molecule is O=C(CN1CCNCC1)Nc1cc(C(=O)O)ccc1Cl. The highest BCUT2D eigenvalue weighted by atomic mass is 35.5. The lowest BCUT2D eigenvalue weighted by atomic mass is 10.2. The number of carbonyl (C=O) groups excluding carboxylic acids is 1. The first kappa shape index (κ1) is 14.8. The number of piperazine rings is 1. The van der Waals surface area contributed by atoms with Crippen LogP contribution in [-0.2, 0) is 4.79 Å². The van der Waals surface area contributed by atoms with Crippen LogP contribution in [0.1, 0.15) is 10.4 Å². The Kier molecular flexibility index (Phi) is 4.94. The fraction of sp³-hybridized carbons (Fsp3) is 0.385. The van der Waals surface area contributed by atoms with E-state index in [1.807, 2.05) is 4.90 Å². The molecule has 1 aromatic rings. The number of carboxylic acid groups (broad SMARTS) is 1. The fourth-order valence-electron chi connectivity index (χ4n) is 2.02. The molecule has 1 aliphatic heterocycles. The molecule has 1 aliphatic rings. The van der Waals surface area contributed by atoms with Crippen LogP contribution in [0.2, 0.25) is 5.02 Å². The molecule has 20 heavy (non-hydrogen) atoms. The van der Waals surface area contributed by atoms with Gasteiger partial charge in [0.2, 0.25) is 5.91 Å². The van der Waals surface area contributed by atoms with Crippen LogP contribution < -0.4 is 10.6 Å². The molecule has 0 radical (unpaired) electrons. The minimum Gasteiger partial charge on any atom is -0.478 e. The lowest BCUT2D eigenvalue weighted by Gasteiger charge is -2.26. The van der Waals surface area contributed by atoms with Gasteiger partial charge in [0, 0.05) is 26.2 Å². The van der Waals surface area contributed by atoms with Gasteiger partial charge < -0.3 is 15.7 Å². The van der Waals surface area contributed by atoms with E-state index in [2.05, 4.69) is 10.6 Å². The number of anilines is 1. The Morgan fingerprint density at radius 1 is 1.35 bits per heavy atom. The number of aromatic carboxylic acids is 1. The summed E-state index contributed by atoms with van der Waals surface area (Å²) in [5.41, 5.74) is 0.415. The summed E-state index contributed by atoms with van der Waals surface area (Å²) in [4.78, 5) is 24.9. The van der Waals surface area contributed by atoms with Crippen molar-refractivity contribution in [1.82, 2.24) is 10.2 Å². The van der Waals surface area contributed by atoms with E-state index in [-0.39, 0.29) is 18.0 Å². The molecule has 7 heteroatoms. The molecule has 0 atom stereocenters. The number of hydrogen-bond donors (Lipinski definition) is 3. The van der Waals surface area contributed by atoms with Crippen molar-refractivity contribution < 1.29 is 14.7 Å². The quantitative estimate of drug-likeness (QED) is 0.769. The highest BCUT2D eigenvalue weighted by molar-refractivity contribution is 6.33. The van der Waals surface area contributed by atoms with Gasteiger partial charge in [-0.1, -0.05) is 11.6 Å². The molecule has 0 aromatic heterocycles. The van der Waals surface area contributed by atoms with E-state index >= 15 is 0 Å². The van der Waals surface area contributed by atoms with Gasteiger partial charge in [-0.2, -0.15) is 0 Å². The minimum atomic E-state index is -1.06. The number of rotatable bonds is 4. The molecular weight excluding hydrogens is 282 g/mol. The Bertz CT molecular complexity index is 516. The summed E-state index contributed by atoms with van der Waals surface area (Å²) < 4.78 is 0. The normalized spacial score (nSPS) is 15.8. The Labute approximate surface area is 121 Å². The third-order valence-corrected chi connectivity index (χ3v) is 3.39. The van der Waals surface area contributed by atoms with Crippen LogP contribution in [0.5, 0.6) is 0 Å². The first-order chi connectivity index (χ1) is 9.56. The standard InChI is InChI=1S/C13H16ClN3O3/c14-10-2-1-9(13(19)20)7-11(10)16-12(18)8-17-5-3-15-4-6-17/h1-2,7,15H,3-6,8H2,(H,16,18)(H,19,20). The summed E-state index contributed by atoms with van der Waals surface area (Å²) in [6, 6.07) is 4.22. The number of nitrogens with zero attached hydrogens (tertiary/aromatic N) is 1. The molecule has 1 saturated heterocycles. The van der Waals surface area contributed by atoms with E-state index in [0.717, 1.165) is 26.2 Å².